The van der Waals surface area contributed by atoms with E-state index in [1.54, 1.807) is 25.3 Å². The first-order valence-electron chi connectivity index (χ1n) is 11.4. The summed E-state index contributed by atoms with van der Waals surface area (Å²) in [5.41, 5.74) is 4.02. The van der Waals surface area contributed by atoms with Gasteiger partial charge in [0.25, 0.3) is 5.91 Å². The molecule has 1 fully saturated rings. The molecule has 184 valence electrons. The molecule has 36 heavy (non-hydrogen) atoms. The van der Waals surface area contributed by atoms with Crippen LogP contribution in [0.5, 0.6) is 0 Å². The fraction of sp³-hybridized carbons (Fsp3) is 0.240. The van der Waals surface area contributed by atoms with Crippen molar-refractivity contribution in [2.75, 3.05) is 41.8 Å². The van der Waals surface area contributed by atoms with Crippen molar-refractivity contribution >= 4 is 40.4 Å². The Hall–Kier alpha value is -4.51. The number of rotatable bonds is 6. The fourth-order valence-corrected chi connectivity index (χ4v) is 4.16. The third-order valence-corrected chi connectivity index (χ3v) is 6.15. The monoisotopic (exact) mass is 487 g/mol. The van der Waals surface area contributed by atoms with Crippen molar-refractivity contribution < 1.29 is 19.4 Å². The van der Waals surface area contributed by atoms with Crippen molar-refractivity contribution in [1.29, 1.82) is 0 Å². The molecule has 1 saturated heterocycles. The maximum Gasteiger partial charge on any atom is 0.337 e. The number of carbonyl (C=O) groups is 2. The first kappa shape index (κ1) is 23.2. The first-order chi connectivity index (χ1) is 17.4. The van der Waals surface area contributed by atoms with Crippen molar-refractivity contribution in [3.05, 3.63) is 71.3 Å². The number of amides is 1. The van der Waals surface area contributed by atoms with Gasteiger partial charge in [0.05, 0.1) is 18.8 Å². The van der Waals surface area contributed by atoms with Crippen LogP contribution in [0.15, 0.2) is 49.1 Å². The highest BCUT2D eigenvalue weighted by molar-refractivity contribution is 6.05. The molecule has 1 amide bonds. The van der Waals surface area contributed by atoms with Gasteiger partial charge in [-0.25, -0.2) is 19.3 Å². The van der Waals surface area contributed by atoms with E-state index < -0.39 is 5.97 Å². The number of aromatic carboxylic acids is 1. The van der Waals surface area contributed by atoms with Crippen LogP contribution in [0.4, 0.5) is 23.0 Å². The summed E-state index contributed by atoms with van der Waals surface area (Å²) in [6.07, 6.45) is 4.45. The van der Waals surface area contributed by atoms with Crippen LogP contribution < -0.4 is 15.5 Å². The molecule has 4 heterocycles. The topological polar surface area (TPSA) is 134 Å². The van der Waals surface area contributed by atoms with Crippen LogP contribution in [0.25, 0.3) is 5.52 Å². The molecule has 0 unspecified atom stereocenters. The number of morpholine rings is 1. The van der Waals surface area contributed by atoms with Crippen LogP contribution in [-0.2, 0) is 4.74 Å². The molecule has 1 aromatic carbocycles. The standard InChI is InChI=1S/C25H25N7O4/c1-15-3-4-18(29-24(33)17-5-6-26-21(11-17)31-7-9-36-10-8-31)12-20(15)30-23-22-16(2)19(25(34)35)13-32(22)28-14-27-23/h3-6,11-14H,7-10H2,1-2H3,(H,29,33)(H,34,35)(H,27,28,30). The predicted octanol–water partition coefficient (Wildman–Crippen LogP) is 3.27. The minimum atomic E-state index is -1.03. The smallest absolute Gasteiger partial charge is 0.337 e. The molecule has 0 spiro atoms. The molecule has 11 nitrogen and oxygen atoms in total. The third-order valence-electron chi connectivity index (χ3n) is 6.15. The number of nitrogens with one attached hydrogen (secondary N) is 2. The second-order valence-electron chi connectivity index (χ2n) is 8.49. The molecule has 0 aliphatic carbocycles. The van der Waals surface area contributed by atoms with Crippen LogP contribution >= 0.6 is 0 Å². The number of carbonyl (C=O) groups excluding carboxylic acids is 1. The number of ether oxygens (including phenoxy) is 1. The Balaban J connectivity index is 1.38. The molecule has 3 aromatic heterocycles. The summed E-state index contributed by atoms with van der Waals surface area (Å²) in [4.78, 5) is 35.4. The summed E-state index contributed by atoms with van der Waals surface area (Å²) in [5, 5.41) is 19.8. The van der Waals surface area contributed by atoms with Crippen LogP contribution in [0.3, 0.4) is 0 Å². The molecule has 11 heteroatoms. The van der Waals surface area contributed by atoms with E-state index in [4.69, 9.17) is 4.74 Å². The minimum Gasteiger partial charge on any atom is -0.478 e. The molecule has 1 aliphatic heterocycles. The Labute approximate surface area is 206 Å². The zero-order valence-corrected chi connectivity index (χ0v) is 19.9. The SMILES string of the molecule is Cc1ccc(NC(=O)c2ccnc(N3CCOCC3)c2)cc1Nc1ncnn2cc(C(=O)O)c(C)c12. The maximum absolute atomic E-state index is 13.0. The molecule has 0 radical (unpaired) electrons. The Kier molecular flexibility index (Phi) is 6.21. The largest absolute Gasteiger partial charge is 0.478 e. The summed E-state index contributed by atoms with van der Waals surface area (Å²) in [6, 6.07) is 8.98. The highest BCUT2D eigenvalue weighted by atomic mass is 16.5. The molecule has 0 bridgehead atoms. The number of aromatic nitrogens is 4. The Morgan fingerprint density at radius 2 is 1.89 bits per heavy atom. The molecule has 1 aliphatic rings. The van der Waals surface area contributed by atoms with Crippen LogP contribution in [0.2, 0.25) is 0 Å². The van der Waals surface area contributed by atoms with Gasteiger partial charge in [-0.15, -0.1) is 0 Å². The number of pyridine rings is 1. The Morgan fingerprint density at radius 1 is 1.08 bits per heavy atom. The summed E-state index contributed by atoms with van der Waals surface area (Å²) in [5.74, 6) is -0.0726. The molecular formula is C25H25N7O4. The van der Waals surface area contributed by atoms with Crippen molar-refractivity contribution in [2.24, 2.45) is 0 Å². The number of benzene rings is 1. The van der Waals surface area contributed by atoms with E-state index in [0.29, 0.717) is 41.4 Å². The van der Waals surface area contributed by atoms with E-state index in [2.05, 4.69) is 30.6 Å². The van der Waals surface area contributed by atoms with Crippen molar-refractivity contribution in [2.45, 2.75) is 13.8 Å². The molecular weight excluding hydrogens is 462 g/mol. The lowest BCUT2D eigenvalue weighted by Gasteiger charge is -2.27. The zero-order chi connectivity index (χ0) is 25.2. The third kappa shape index (κ3) is 4.56. The lowest BCUT2D eigenvalue weighted by atomic mass is 10.1. The van der Waals surface area contributed by atoms with E-state index >= 15 is 0 Å². The van der Waals surface area contributed by atoms with Gasteiger partial charge in [-0.2, -0.15) is 5.10 Å². The van der Waals surface area contributed by atoms with E-state index in [-0.39, 0.29) is 11.5 Å². The van der Waals surface area contributed by atoms with Crippen LogP contribution in [0.1, 0.15) is 31.8 Å². The number of carboxylic acids is 1. The molecule has 0 saturated carbocycles. The van der Waals surface area contributed by atoms with Gasteiger partial charge in [-0.1, -0.05) is 6.07 Å². The lowest BCUT2D eigenvalue weighted by Crippen LogP contribution is -2.36. The van der Waals surface area contributed by atoms with Crippen molar-refractivity contribution in [1.82, 2.24) is 19.6 Å². The fourth-order valence-electron chi connectivity index (χ4n) is 4.16. The minimum absolute atomic E-state index is 0.157. The number of hydrogen-bond donors (Lipinski definition) is 3. The van der Waals surface area contributed by atoms with Gasteiger partial charge in [0.1, 0.15) is 17.7 Å². The van der Waals surface area contributed by atoms with Crippen molar-refractivity contribution in [3.63, 3.8) is 0 Å². The Morgan fingerprint density at radius 3 is 2.67 bits per heavy atom. The average Bonchev–Trinajstić information content (AvgIpc) is 3.24. The predicted molar refractivity (Wildman–Crippen MR) is 134 cm³/mol. The molecule has 0 atom stereocenters. The summed E-state index contributed by atoms with van der Waals surface area (Å²) >= 11 is 0. The van der Waals surface area contributed by atoms with E-state index in [1.165, 1.54) is 17.0 Å². The zero-order valence-electron chi connectivity index (χ0n) is 19.9. The second-order valence-corrected chi connectivity index (χ2v) is 8.49. The highest BCUT2D eigenvalue weighted by Gasteiger charge is 2.18. The van der Waals surface area contributed by atoms with E-state index in [1.807, 2.05) is 25.1 Å². The summed E-state index contributed by atoms with van der Waals surface area (Å²) < 4.78 is 6.88. The van der Waals surface area contributed by atoms with Crippen LogP contribution in [-0.4, -0.2) is 62.9 Å². The average molecular weight is 488 g/mol. The number of nitrogens with zero attached hydrogens (tertiary/aromatic N) is 5. The van der Waals surface area contributed by atoms with Gasteiger partial charge in [0.15, 0.2) is 5.82 Å². The van der Waals surface area contributed by atoms with Gasteiger partial charge in [0.2, 0.25) is 0 Å². The number of fused-ring (bicyclic) bond motifs is 1. The summed E-state index contributed by atoms with van der Waals surface area (Å²) in [7, 11) is 0. The number of aryl methyl sites for hydroxylation is 2. The second kappa shape index (κ2) is 9.62. The van der Waals surface area contributed by atoms with Gasteiger partial charge < -0.3 is 25.4 Å². The van der Waals surface area contributed by atoms with E-state index in [0.717, 1.165) is 30.2 Å². The molecule has 3 N–H and O–H groups in total. The maximum atomic E-state index is 13.0. The van der Waals surface area contributed by atoms with Gasteiger partial charge in [0, 0.05) is 42.4 Å². The quantitative estimate of drug-likeness (QED) is 0.375. The number of hydrogen-bond acceptors (Lipinski definition) is 8. The number of anilines is 4. The lowest BCUT2D eigenvalue weighted by molar-refractivity contribution is 0.0696. The molecule has 4 aromatic rings. The van der Waals surface area contributed by atoms with Gasteiger partial charge in [-0.3, -0.25) is 4.79 Å². The van der Waals surface area contributed by atoms with Gasteiger partial charge in [-0.05, 0) is 49.2 Å². The number of carboxylic acid groups (broad SMARTS) is 1. The summed E-state index contributed by atoms with van der Waals surface area (Å²) in [6.45, 7) is 6.38. The van der Waals surface area contributed by atoms with E-state index in [9.17, 15) is 14.7 Å². The van der Waals surface area contributed by atoms with Crippen molar-refractivity contribution in [3.8, 4) is 0 Å². The van der Waals surface area contributed by atoms with Crippen LogP contribution in [0, 0.1) is 13.8 Å². The normalized spacial score (nSPS) is 13.6. The molecule has 5 rings (SSSR count). The van der Waals surface area contributed by atoms with Gasteiger partial charge >= 0.3 is 5.97 Å². The highest BCUT2D eigenvalue weighted by Crippen LogP contribution is 2.28. The Bertz CT molecular complexity index is 1460. The first-order valence-corrected chi connectivity index (χ1v) is 11.4.